The molecule has 4 N–H and O–H groups in total. The lowest BCUT2D eigenvalue weighted by atomic mass is 10.1. The topological polar surface area (TPSA) is 111 Å². The zero-order valence-corrected chi connectivity index (χ0v) is 18.4. The van der Waals surface area contributed by atoms with Gasteiger partial charge in [-0.1, -0.05) is 12.8 Å². The number of hydrogen-bond acceptors (Lipinski definition) is 7. The van der Waals surface area contributed by atoms with Gasteiger partial charge in [-0.15, -0.1) is 23.5 Å². The Morgan fingerprint density at radius 2 is 1.90 bits per heavy atom. The van der Waals surface area contributed by atoms with Crippen molar-refractivity contribution in [2.75, 3.05) is 31.1 Å². The Morgan fingerprint density at radius 1 is 1.14 bits per heavy atom. The molecule has 0 bridgehead atoms. The predicted molar refractivity (Wildman–Crippen MR) is 115 cm³/mol. The first-order valence-corrected chi connectivity index (χ1v) is 12.5. The van der Waals surface area contributed by atoms with Crippen LogP contribution in [0.1, 0.15) is 51.4 Å². The van der Waals surface area contributed by atoms with E-state index in [1.54, 1.807) is 5.48 Å². The maximum absolute atomic E-state index is 13.0. The molecule has 10 heteroatoms. The van der Waals surface area contributed by atoms with Crippen molar-refractivity contribution in [3.63, 3.8) is 0 Å². The molecule has 3 heterocycles. The molecule has 3 aliphatic heterocycles. The van der Waals surface area contributed by atoms with Gasteiger partial charge in [0.25, 0.3) is 0 Å². The normalized spacial score (nSPS) is 25.5. The lowest BCUT2D eigenvalue weighted by Crippen LogP contribution is -2.51. The third-order valence-electron chi connectivity index (χ3n) is 5.80. The summed E-state index contributed by atoms with van der Waals surface area (Å²) < 4.78 is -0.0243. The van der Waals surface area contributed by atoms with Crippen LogP contribution in [0.3, 0.4) is 0 Å². The van der Waals surface area contributed by atoms with E-state index in [0.717, 1.165) is 63.0 Å². The van der Waals surface area contributed by atoms with Gasteiger partial charge in [0.2, 0.25) is 17.7 Å². The monoisotopic (exact) mass is 444 g/mol. The standard InChI is InChI=1S/C19H32N4O4S2/c24-16(22-27)7-3-1-2-4-8-21-17(25)15-12-19(28-10-11-29-19)13-23(15)18(26)14-6-5-9-20-14/h14-15,20,27H,1-13H2,(H,21,25)(H,22,24)/t14-,15-/m0/s1. The minimum absolute atomic E-state index is 0.0243. The molecule has 3 fully saturated rings. The van der Waals surface area contributed by atoms with E-state index in [1.807, 2.05) is 28.4 Å². The van der Waals surface area contributed by atoms with Crippen molar-refractivity contribution >= 4 is 41.2 Å². The molecule has 3 amide bonds. The highest BCUT2D eigenvalue weighted by Gasteiger charge is 2.52. The van der Waals surface area contributed by atoms with Crippen LogP contribution in [-0.2, 0) is 14.4 Å². The Morgan fingerprint density at radius 3 is 2.59 bits per heavy atom. The Hall–Kier alpha value is -0.970. The Kier molecular flexibility index (Phi) is 8.52. The third kappa shape index (κ3) is 6.02. The number of nitrogens with one attached hydrogen (secondary N) is 3. The largest absolute Gasteiger partial charge is 0.354 e. The lowest BCUT2D eigenvalue weighted by Gasteiger charge is -2.27. The average molecular weight is 445 g/mol. The molecule has 8 nitrogen and oxygen atoms in total. The van der Waals surface area contributed by atoms with Crippen molar-refractivity contribution in [3.8, 4) is 0 Å². The maximum atomic E-state index is 13.0. The van der Waals surface area contributed by atoms with Gasteiger partial charge in [-0.3, -0.25) is 19.6 Å². The highest BCUT2D eigenvalue weighted by atomic mass is 32.2. The van der Waals surface area contributed by atoms with Crippen LogP contribution in [0.4, 0.5) is 0 Å². The molecular weight excluding hydrogens is 412 g/mol. The van der Waals surface area contributed by atoms with E-state index < -0.39 is 0 Å². The van der Waals surface area contributed by atoms with Crippen LogP contribution >= 0.6 is 23.5 Å². The van der Waals surface area contributed by atoms with E-state index in [0.29, 0.717) is 19.5 Å². The van der Waals surface area contributed by atoms with Crippen molar-refractivity contribution in [1.82, 2.24) is 21.0 Å². The van der Waals surface area contributed by atoms with Crippen LogP contribution in [0.5, 0.6) is 0 Å². The molecule has 0 saturated carbocycles. The summed E-state index contributed by atoms with van der Waals surface area (Å²) in [6.07, 6.45) is 6.25. The van der Waals surface area contributed by atoms with E-state index >= 15 is 0 Å². The Labute approximate surface area is 180 Å². The molecule has 1 spiro atoms. The molecule has 0 radical (unpaired) electrons. The number of hydroxylamine groups is 1. The number of thioether (sulfide) groups is 2. The van der Waals surface area contributed by atoms with Gasteiger partial charge in [0.15, 0.2) is 0 Å². The summed E-state index contributed by atoms with van der Waals surface area (Å²) in [5, 5.41) is 14.8. The summed E-state index contributed by atoms with van der Waals surface area (Å²) in [6.45, 7) is 2.11. The average Bonchev–Trinajstić information content (AvgIpc) is 3.48. The number of nitrogens with zero attached hydrogens (tertiary/aromatic N) is 1. The maximum Gasteiger partial charge on any atom is 0.243 e. The fourth-order valence-electron chi connectivity index (χ4n) is 4.26. The molecule has 0 aromatic heterocycles. The molecule has 3 aliphatic rings. The molecule has 0 unspecified atom stereocenters. The van der Waals surface area contributed by atoms with Gasteiger partial charge < -0.3 is 15.5 Å². The van der Waals surface area contributed by atoms with Crippen molar-refractivity contribution < 1.29 is 19.6 Å². The van der Waals surface area contributed by atoms with Gasteiger partial charge in [0.1, 0.15) is 6.04 Å². The number of hydrogen-bond donors (Lipinski definition) is 4. The van der Waals surface area contributed by atoms with E-state index in [1.165, 1.54) is 0 Å². The zero-order chi connectivity index (χ0) is 20.7. The zero-order valence-electron chi connectivity index (χ0n) is 16.8. The minimum Gasteiger partial charge on any atom is -0.354 e. The number of unbranched alkanes of at least 4 members (excludes halogenated alkanes) is 3. The van der Waals surface area contributed by atoms with Crippen LogP contribution in [-0.4, -0.2) is 75.1 Å². The lowest BCUT2D eigenvalue weighted by molar-refractivity contribution is -0.139. The van der Waals surface area contributed by atoms with E-state index in [9.17, 15) is 14.4 Å². The molecular formula is C19H32N4O4S2. The van der Waals surface area contributed by atoms with Gasteiger partial charge in [-0.25, -0.2) is 5.48 Å². The molecule has 0 aromatic carbocycles. The molecule has 164 valence electrons. The first-order chi connectivity index (χ1) is 14.0. The van der Waals surface area contributed by atoms with Gasteiger partial charge in [0.05, 0.1) is 10.1 Å². The number of rotatable bonds is 9. The van der Waals surface area contributed by atoms with Gasteiger partial charge in [-0.2, -0.15) is 0 Å². The number of carbonyl (C=O) groups is 3. The van der Waals surface area contributed by atoms with Crippen molar-refractivity contribution in [3.05, 3.63) is 0 Å². The summed E-state index contributed by atoms with van der Waals surface area (Å²) in [4.78, 5) is 38.7. The molecule has 2 atom stereocenters. The second-order valence-electron chi connectivity index (χ2n) is 7.93. The van der Waals surface area contributed by atoms with Crippen LogP contribution in [0.2, 0.25) is 0 Å². The van der Waals surface area contributed by atoms with Gasteiger partial charge in [0, 0.05) is 37.4 Å². The second kappa shape index (κ2) is 10.9. The second-order valence-corrected chi connectivity index (χ2v) is 11.1. The number of likely N-dealkylation sites (tertiary alicyclic amines) is 1. The van der Waals surface area contributed by atoms with Gasteiger partial charge in [-0.05, 0) is 32.2 Å². The highest BCUT2D eigenvalue weighted by molar-refractivity contribution is 8.21. The van der Waals surface area contributed by atoms with Crippen LogP contribution in [0, 0.1) is 0 Å². The van der Waals surface area contributed by atoms with Crippen LogP contribution in [0.15, 0.2) is 0 Å². The highest BCUT2D eigenvalue weighted by Crippen LogP contribution is 2.51. The molecule has 3 rings (SSSR count). The summed E-state index contributed by atoms with van der Waals surface area (Å²) in [6, 6.07) is -0.524. The molecule has 3 saturated heterocycles. The SMILES string of the molecule is O=C(CCCCCCNC(=O)[C@@H]1CC2(CN1C(=O)[C@@H]1CCCN1)SCCS2)NO. The first-order valence-electron chi connectivity index (χ1n) is 10.6. The van der Waals surface area contributed by atoms with E-state index in [2.05, 4.69) is 10.6 Å². The van der Waals surface area contributed by atoms with Crippen LogP contribution in [0.25, 0.3) is 0 Å². The summed E-state index contributed by atoms with van der Waals surface area (Å²) >= 11 is 3.79. The minimum atomic E-state index is -0.378. The number of amides is 3. The smallest absolute Gasteiger partial charge is 0.243 e. The summed E-state index contributed by atoms with van der Waals surface area (Å²) in [5.41, 5.74) is 1.63. The van der Waals surface area contributed by atoms with Gasteiger partial charge >= 0.3 is 0 Å². The third-order valence-corrected chi connectivity index (χ3v) is 9.23. The Balaban J connectivity index is 1.46. The predicted octanol–water partition coefficient (Wildman–Crippen LogP) is 1.09. The first kappa shape index (κ1) is 22.7. The fraction of sp³-hybridized carbons (Fsp3) is 0.842. The fourth-order valence-corrected chi connectivity index (χ4v) is 7.51. The quantitative estimate of drug-likeness (QED) is 0.239. The van der Waals surface area contributed by atoms with E-state index in [4.69, 9.17) is 5.21 Å². The van der Waals surface area contributed by atoms with Crippen molar-refractivity contribution in [1.29, 1.82) is 0 Å². The van der Waals surface area contributed by atoms with Crippen molar-refractivity contribution in [2.45, 2.75) is 67.5 Å². The summed E-state index contributed by atoms with van der Waals surface area (Å²) in [5.74, 6) is 1.84. The van der Waals surface area contributed by atoms with E-state index in [-0.39, 0.29) is 33.9 Å². The van der Waals surface area contributed by atoms with Crippen LogP contribution < -0.4 is 16.1 Å². The molecule has 29 heavy (non-hydrogen) atoms. The number of carbonyl (C=O) groups excluding carboxylic acids is 3. The summed E-state index contributed by atoms with van der Waals surface area (Å²) in [7, 11) is 0. The Bertz CT molecular complexity index is 595. The molecule has 0 aliphatic carbocycles. The van der Waals surface area contributed by atoms with Crippen molar-refractivity contribution in [2.24, 2.45) is 0 Å². The molecule has 0 aromatic rings.